The van der Waals surface area contributed by atoms with Crippen molar-refractivity contribution in [2.75, 3.05) is 18.5 Å². The van der Waals surface area contributed by atoms with Gasteiger partial charge in [0.2, 0.25) is 0 Å². The molecule has 4 aromatic rings. The van der Waals surface area contributed by atoms with Gasteiger partial charge in [-0.2, -0.15) is 0 Å². The summed E-state index contributed by atoms with van der Waals surface area (Å²) < 4.78 is 17.6. The normalized spacial score (nSPS) is 12.9. The molecular weight excluding hydrogens is 408 g/mol. The number of para-hydroxylation sites is 1. The highest BCUT2D eigenvalue weighted by Crippen LogP contribution is 2.40. The molecule has 0 unspecified atom stereocenters. The van der Waals surface area contributed by atoms with E-state index in [-0.39, 0.29) is 0 Å². The number of anilines is 2. The topological polar surface area (TPSA) is 56.5 Å². The van der Waals surface area contributed by atoms with Crippen LogP contribution in [0.3, 0.4) is 0 Å². The molecule has 5 nitrogen and oxygen atoms in total. The van der Waals surface area contributed by atoms with Crippen molar-refractivity contribution in [3.8, 4) is 22.6 Å². The van der Waals surface area contributed by atoms with Crippen LogP contribution in [0.2, 0.25) is 0 Å². The SMILES string of the molecule is Brc1c(Nc2noc3ccccc23)cccc1-c1ccc2c(c1)OCCO2. The molecule has 5 rings (SSSR count). The molecule has 0 saturated carbocycles. The second-order valence-corrected chi connectivity index (χ2v) is 6.97. The van der Waals surface area contributed by atoms with E-state index in [1.54, 1.807) is 0 Å². The summed E-state index contributed by atoms with van der Waals surface area (Å²) in [7, 11) is 0. The molecule has 0 spiro atoms. The van der Waals surface area contributed by atoms with E-state index >= 15 is 0 Å². The van der Waals surface area contributed by atoms with Crippen molar-refractivity contribution in [1.82, 2.24) is 5.16 Å². The largest absolute Gasteiger partial charge is 0.486 e. The summed E-state index contributed by atoms with van der Waals surface area (Å²) in [6, 6.07) is 19.8. The zero-order chi connectivity index (χ0) is 18.2. The van der Waals surface area contributed by atoms with Gasteiger partial charge in [0.25, 0.3) is 0 Å². The van der Waals surface area contributed by atoms with Gasteiger partial charge in [-0.15, -0.1) is 0 Å². The molecule has 0 aliphatic carbocycles. The minimum Gasteiger partial charge on any atom is -0.486 e. The zero-order valence-electron chi connectivity index (χ0n) is 14.2. The van der Waals surface area contributed by atoms with Crippen LogP contribution in [0.15, 0.2) is 69.7 Å². The maximum Gasteiger partial charge on any atom is 0.181 e. The first kappa shape index (κ1) is 16.2. The van der Waals surface area contributed by atoms with Gasteiger partial charge in [0, 0.05) is 4.47 Å². The molecule has 27 heavy (non-hydrogen) atoms. The number of ether oxygens (including phenoxy) is 2. The molecule has 0 atom stereocenters. The quantitative estimate of drug-likeness (QED) is 0.453. The third kappa shape index (κ3) is 2.92. The summed E-state index contributed by atoms with van der Waals surface area (Å²) in [6.07, 6.45) is 0. The summed E-state index contributed by atoms with van der Waals surface area (Å²) in [6.45, 7) is 1.15. The van der Waals surface area contributed by atoms with Crippen LogP contribution in [0.25, 0.3) is 22.1 Å². The number of nitrogens with one attached hydrogen (secondary N) is 1. The smallest absolute Gasteiger partial charge is 0.181 e. The lowest BCUT2D eigenvalue weighted by atomic mass is 10.0. The van der Waals surface area contributed by atoms with E-state index in [2.05, 4.69) is 32.5 Å². The van der Waals surface area contributed by atoms with Crippen molar-refractivity contribution in [3.05, 3.63) is 65.1 Å². The van der Waals surface area contributed by atoms with Gasteiger partial charge in [-0.1, -0.05) is 35.5 Å². The number of hydrogen-bond acceptors (Lipinski definition) is 5. The predicted molar refractivity (Wildman–Crippen MR) is 108 cm³/mol. The average Bonchev–Trinajstić information content (AvgIpc) is 3.12. The Kier molecular flexibility index (Phi) is 3.98. The van der Waals surface area contributed by atoms with Crippen LogP contribution in [-0.4, -0.2) is 18.4 Å². The van der Waals surface area contributed by atoms with E-state index in [0.29, 0.717) is 19.0 Å². The van der Waals surface area contributed by atoms with Crippen LogP contribution in [0.4, 0.5) is 11.5 Å². The van der Waals surface area contributed by atoms with Gasteiger partial charge in [-0.25, -0.2) is 0 Å². The molecule has 1 aliphatic rings. The number of rotatable bonds is 3. The number of fused-ring (bicyclic) bond motifs is 2. The lowest BCUT2D eigenvalue weighted by Crippen LogP contribution is -2.15. The molecule has 0 radical (unpaired) electrons. The number of hydrogen-bond donors (Lipinski definition) is 1. The highest BCUT2D eigenvalue weighted by Gasteiger charge is 2.16. The molecule has 3 aromatic carbocycles. The first-order chi connectivity index (χ1) is 13.3. The number of aromatic nitrogens is 1. The van der Waals surface area contributed by atoms with E-state index in [0.717, 1.165) is 43.8 Å². The predicted octanol–water partition coefficient (Wildman–Crippen LogP) is 5.77. The maximum atomic E-state index is 5.71. The van der Waals surface area contributed by atoms with Crippen LogP contribution in [-0.2, 0) is 0 Å². The Bertz CT molecular complexity index is 1140. The van der Waals surface area contributed by atoms with E-state index in [1.165, 1.54) is 0 Å². The van der Waals surface area contributed by atoms with Crippen molar-refractivity contribution in [2.24, 2.45) is 0 Å². The molecular formula is C21H15BrN2O3. The maximum absolute atomic E-state index is 5.71. The lowest BCUT2D eigenvalue weighted by Gasteiger charge is -2.19. The summed E-state index contributed by atoms with van der Waals surface area (Å²) in [5.74, 6) is 2.24. The number of halogens is 1. The Morgan fingerprint density at radius 3 is 2.67 bits per heavy atom. The first-order valence-corrected chi connectivity index (χ1v) is 9.39. The van der Waals surface area contributed by atoms with Gasteiger partial charge in [0.1, 0.15) is 13.2 Å². The van der Waals surface area contributed by atoms with Gasteiger partial charge in [0.05, 0.1) is 11.1 Å². The van der Waals surface area contributed by atoms with Crippen LogP contribution in [0.5, 0.6) is 11.5 Å². The van der Waals surface area contributed by atoms with E-state index in [4.69, 9.17) is 14.0 Å². The molecule has 134 valence electrons. The summed E-state index contributed by atoms with van der Waals surface area (Å²) in [4.78, 5) is 0. The fourth-order valence-corrected chi connectivity index (χ4v) is 3.76. The third-order valence-corrected chi connectivity index (χ3v) is 5.34. The van der Waals surface area contributed by atoms with Crippen LogP contribution in [0.1, 0.15) is 0 Å². The van der Waals surface area contributed by atoms with Gasteiger partial charge in [-0.05, 0) is 57.4 Å². The molecule has 1 aromatic heterocycles. The van der Waals surface area contributed by atoms with Crippen LogP contribution >= 0.6 is 15.9 Å². The third-order valence-electron chi connectivity index (χ3n) is 4.48. The molecule has 0 saturated heterocycles. The summed E-state index contributed by atoms with van der Waals surface area (Å²) >= 11 is 3.73. The second kappa shape index (κ2) is 6.63. The molecule has 6 heteroatoms. The van der Waals surface area contributed by atoms with E-state index < -0.39 is 0 Å². The zero-order valence-corrected chi connectivity index (χ0v) is 15.8. The lowest BCUT2D eigenvalue weighted by molar-refractivity contribution is 0.171. The van der Waals surface area contributed by atoms with Gasteiger partial charge in [0.15, 0.2) is 22.9 Å². The molecule has 1 aliphatic heterocycles. The van der Waals surface area contributed by atoms with Crippen molar-refractivity contribution in [1.29, 1.82) is 0 Å². The number of nitrogens with zero attached hydrogens (tertiary/aromatic N) is 1. The molecule has 0 fully saturated rings. The van der Waals surface area contributed by atoms with Crippen molar-refractivity contribution in [2.45, 2.75) is 0 Å². The van der Waals surface area contributed by atoms with E-state index in [1.807, 2.05) is 54.6 Å². The van der Waals surface area contributed by atoms with E-state index in [9.17, 15) is 0 Å². The minimum absolute atomic E-state index is 0.568. The van der Waals surface area contributed by atoms with Gasteiger partial charge >= 0.3 is 0 Å². The molecule has 0 amide bonds. The molecule has 1 N–H and O–H groups in total. The number of benzene rings is 3. The first-order valence-electron chi connectivity index (χ1n) is 8.59. The summed E-state index contributed by atoms with van der Waals surface area (Å²) in [5.41, 5.74) is 3.74. The van der Waals surface area contributed by atoms with Crippen molar-refractivity contribution < 1.29 is 14.0 Å². The Balaban J connectivity index is 1.53. The minimum atomic E-state index is 0.568. The van der Waals surface area contributed by atoms with Crippen LogP contribution in [0, 0.1) is 0 Å². The highest BCUT2D eigenvalue weighted by atomic mass is 79.9. The fourth-order valence-electron chi connectivity index (χ4n) is 3.17. The Hall–Kier alpha value is -2.99. The van der Waals surface area contributed by atoms with Gasteiger partial charge < -0.3 is 19.3 Å². The highest BCUT2D eigenvalue weighted by molar-refractivity contribution is 9.10. The van der Waals surface area contributed by atoms with Crippen molar-refractivity contribution >= 4 is 38.4 Å². The van der Waals surface area contributed by atoms with Crippen LogP contribution < -0.4 is 14.8 Å². The van der Waals surface area contributed by atoms with Gasteiger partial charge in [-0.3, -0.25) is 0 Å². The average molecular weight is 423 g/mol. The second-order valence-electron chi connectivity index (χ2n) is 6.18. The molecule has 2 heterocycles. The Morgan fingerprint density at radius 1 is 0.889 bits per heavy atom. The monoisotopic (exact) mass is 422 g/mol. The summed E-state index contributed by atoms with van der Waals surface area (Å²) in [5, 5.41) is 8.45. The Morgan fingerprint density at radius 2 is 1.74 bits per heavy atom. The molecule has 0 bridgehead atoms. The standard InChI is InChI=1S/C21H15BrN2O3/c22-20-14(13-8-9-18-19(12-13)26-11-10-25-18)5-3-6-16(20)23-21-15-4-1-2-7-17(15)27-24-21/h1-9,12H,10-11H2,(H,23,24). The van der Waals surface area contributed by atoms with Crippen molar-refractivity contribution in [3.63, 3.8) is 0 Å². The Labute approximate surface area is 164 Å². The fraction of sp³-hybridized carbons (Fsp3) is 0.0952.